The molecule has 3 N–H and O–H groups in total. The quantitative estimate of drug-likeness (QED) is 0.0546. The average Bonchev–Trinajstić information content (AvgIpc) is 3.51. The lowest BCUT2D eigenvalue weighted by molar-refractivity contribution is -0.138. The highest BCUT2D eigenvalue weighted by Crippen LogP contribution is 2.21. The van der Waals surface area contributed by atoms with Crippen LogP contribution in [0, 0.1) is 4.91 Å². The van der Waals surface area contributed by atoms with Gasteiger partial charge in [0.1, 0.15) is 6.04 Å². The van der Waals surface area contributed by atoms with Crippen molar-refractivity contribution in [2.75, 3.05) is 114 Å². The van der Waals surface area contributed by atoms with Crippen molar-refractivity contribution in [3.63, 3.8) is 0 Å². The number of carbonyl (C=O) groups is 4. The molecule has 1 atom stereocenters. The van der Waals surface area contributed by atoms with E-state index in [1.165, 1.54) is 18.9 Å². The Balaban J connectivity index is 1.34. The third-order valence-electron chi connectivity index (χ3n) is 8.00. The van der Waals surface area contributed by atoms with Crippen molar-refractivity contribution >= 4 is 34.5 Å². The van der Waals surface area contributed by atoms with E-state index >= 15 is 0 Å². The van der Waals surface area contributed by atoms with Crippen molar-refractivity contribution in [2.45, 2.75) is 38.9 Å². The van der Waals surface area contributed by atoms with Gasteiger partial charge in [0.05, 0.1) is 98.8 Å². The largest absolute Gasteiger partial charge is 0.379 e. The number of likely N-dealkylation sites (N-methyl/N-ethyl adjacent to an activating group) is 1. The first-order chi connectivity index (χ1) is 25.7. The topological polar surface area (TPSA) is 201 Å². The van der Waals surface area contributed by atoms with Gasteiger partial charge < -0.3 is 48.5 Å². The predicted molar refractivity (Wildman–Crippen MR) is 196 cm³/mol. The fourth-order valence-electron chi connectivity index (χ4n) is 4.79. The van der Waals surface area contributed by atoms with Crippen LogP contribution in [-0.2, 0) is 60.7 Å². The Hall–Kier alpha value is -3.88. The number of benzene rings is 1. The van der Waals surface area contributed by atoms with Crippen LogP contribution in [0.15, 0.2) is 35.5 Å². The standard InChI is InChI=1S/C35H57N7O11/c1-28(35(46)39-47)41(4)34(45)10-13-48-15-17-50-19-21-52-23-24-53-22-20-51-18-16-49-14-11-37-33(44)26-38-32(43)9-12-42-30(27-40(3)36-2)25-29-7-5-6-8-31(29)42/h5-8,25,28,36H,9-24,26-27H2,1-4H3,(H,37,44)(H,38,43)/t28-/m0/s1. The zero-order chi connectivity index (χ0) is 38.7. The van der Waals surface area contributed by atoms with Gasteiger partial charge in [0.25, 0.3) is 0 Å². The number of rotatable bonds is 31. The zero-order valence-electron chi connectivity index (χ0n) is 31.5. The van der Waals surface area contributed by atoms with E-state index in [-0.39, 0.29) is 43.7 Å². The number of nitrogens with one attached hydrogen (secondary N) is 3. The summed E-state index contributed by atoms with van der Waals surface area (Å²) in [6.07, 6.45) is 0.329. The van der Waals surface area contributed by atoms with E-state index in [1.807, 2.05) is 37.3 Å². The molecular weight excluding hydrogens is 694 g/mol. The molecule has 53 heavy (non-hydrogen) atoms. The van der Waals surface area contributed by atoms with Gasteiger partial charge in [0.15, 0.2) is 0 Å². The summed E-state index contributed by atoms with van der Waals surface area (Å²) in [4.78, 5) is 59.3. The van der Waals surface area contributed by atoms with E-state index in [4.69, 9.17) is 28.4 Å². The van der Waals surface area contributed by atoms with Crippen molar-refractivity contribution in [3.05, 3.63) is 40.9 Å². The molecule has 0 fully saturated rings. The average molecular weight is 752 g/mol. The summed E-state index contributed by atoms with van der Waals surface area (Å²) in [7, 11) is 5.25. The normalized spacial score (nSPS) is 11.9. The summed E-state index contributed by atoms with van der Waals surface area (Å²) in [5.74, 6) is -1.70. The van der Waals surface area contributed by atoms with E-state index in [2.05, 4.69) is 37.9 Å². The van der Waals surface area contributed by atoms with Crippen molar-refractivity contribution in [1.82, 2.24) is 30.5 Å². The molecule has 0 saturated carbocycles. The molecule has 0 spiro atoms. The number of nitroso groups, excluding NO2 is 1. The fourth-order valence-corrected chi connectivity index (χ4v) is 4.79. The van der Waals surface area contributed by atoms with Crippen LogP contribution in [0.25, 0.3) is 10.9 Å². The Morgan fingerprint density at radius 1 is 0.755 bits per heavy atom. The number of amides is 4. The molecule has 0 aliphatic heterocycles. The van der Waals surface area contributed by atoms with Crippen molar-refractivity contribution in [1.29, 1.82) is 0 Å². The van der Waals surface area contributed by atoms with E-state index in [0.717, 1.165) is 16.6 Å². The Morgan fingerprint density at radius 3 is 1.87 bits per heavy atom. The molecule has 2 aromatic rings. The third kappa shape index (κ3) is 19.1. The maximum absolute atomic E-state index is 12.5. The number of para-hydroxylation sites is 1. The summed E-state index contributed by atoms with van der Waals surface area (Å²) in [5, 5.41) is 10.8. The molecule has 298 valence electrons. The smallest absolute Gasteiger partial charge is 0.308 e. The number of aryl methyl sites for hydroxylation is 1. The molecule has 2 rings (SSSR count). The Kier molecular flexibility index (Phi) is 23.7. The van der Waals surface area contributed by atoms with E-state index in [1.54, 1.807) is 0 Å². The number of hydrazine groups is 1. The number of nitrogens with zero attached hydrogens (tertiary/aromatic N) is 4. The van der Waals surface area contributed by atoms with Gasteiger partial charge in [-0.05, 0) is 31.5 Å². The van der Waals surface area contributed by atoms with Crippen LogP contribution < -0.4 is 16.1 Å². The number of fused-ring (bicyclic) bond motifs is 1. The summed E-state index contributed by atoms with van der Waals surface area (Å²) >= 11 is 0. The van der Waals surface area contributed by atoms with Gasteiger partial charge in [0, 0.05) is 50.0 Å². The summed E-state index contributed by atoms with van der Waals surface area (Å²) in [6, 6.07) is 9.30. The number of hydrogen-bond donors (Lipinski definition) is 3. The fraction of sp³-hybridized carbons (Fsp3) is 0.657. The third-order valence-corrected chi connectivity index (χ3v) is 8.00. The van der Waals surface area contributed by atoms with E-state index < -0.39 is 11.9 Å². The van der Waals surface area contributed by atoms with Gasteiger partial charge in [-0.25, -0.2) is 5.01 Å². The van der Waals surface area contributed by atoms with Gasteiger partial charge in [-0.3, -0.25) is 24.6 Å². The van der Waals surface area contributed by atoms with Crippen molar-refractivity contribution < 1.29 is 47.6 Å². The monoisotopic (exact) mass is 751 g/mol. The number of carbonyl (C=O) groups excluding carboxylic acids is 4. The molecule has 0 radical (unpaired) electrons. The Labute approximate surface area is 311 Å². The number of aromatic nitrogens is 1. The van der Waals surface area contributed by atoms with Crippen LogP contribution in [0.5, 0.6) is 0 Å². The van der Waals surface area contributed by atoms with Gasteiger partial charge in [-0.15, -0.1) is 4.91 Å². The van der Waals surface area contributed by atoms with Gasteiger partial charge in [-0.2, -0.15) is 0 Å². The Morgan fingerprint density at radius 2 is 1.30 bits per heavy atom. The minimum absolute atomic E-state index is 0.0766. The Bertz CT molecular complexity index is 1380. The molecule has 18 heteroatoms. The zero-order valence-corrected chi connectivity index (χ0v) is 31.5. The number of ether oxygens (including phenoxy) is 6. The molecule has 0 saturated heterocycles. The summed E-state index contributed by atoms with van der Waals surface area (Å²) in [6.45, 7) is 7.18. The second kappa shape index (κ2) is 27.7. The maximum atomic E-state index is 12.5. The molecule has 0 bridgehead atoms. The molecule has 1 aromatic heterocycles. The first-order valence-electron chi connectivity index (χ1n) is 17.8. The van der Waals surface area contributed by atoms with Crippen LogP contribution in [0.3, 0.4) is 0 Å². The van der Waals surface area contributed by atoms with Gasteiger partial charge >= 0.3 is 5.91 Å². The number of hydrogen-bond acceptors (Lipinski definition) is 13. The van der Waals surface area contributed by atoms with Gasteiger partial charge in [0.2, 0.25) is 17.7 Å². The molecule has 0 aliphatic rings. The lowest BCUT2D eigenvalue weighted by Gasteiger charge is -2.21. The van der Waals surface area contributed by atoms with Crippen LogP contribution in [-0.4, -0.2) is 158 Å². The van der Waals surface area contributed by atoms with Crippen LogP contribution >= 0.6 is 0 Å². The molecule has 0 aliphatic carbocycles. The summed E-state index contributed by atoms with van der Waals surface area (Å²) < 4.78 is 34.7. The molecule has 4 amide bonds. The predicted octanol–water partition coefficient (Wildman–Crippen LogP) is 0.460. The summed E-state index contributed by atoms with van der Waals surface area (Å²) in [5.41, 5.74) is 5.25. The van der Waals surface area contributed by atoms with Crippen LogP contribution in [0.1, 0.15) is 25.5 Å². The van der Waals surface area contributed by atoms with Crippen LogP contribution in [0.2, 0.25) is 0 Å². The highest BCUT2D eigenvalue weighted by Gasteiger charge is 2.22. The van der Waals surface area contributed by atoms with Crippen molar-refractivity contribution in [3.8, 4) is 0 Å². The van der Waals surface area contributed by atoms with Gasteiger partial charge in [-0.1, -0.05) is 18.2 Å². The SMILES string of the molecule is CNN(C)Cc1cc2ccccc2n1CCC(=O)NCC(=O)NCCOCCOCCOCCOCCOCCOCCC(=O)N(C)[C@@H](C)C(=O)N=O. The minimum Gasteiger partial charge on any atom is -0.379 e. The highest BCUT2D eigenvalue weighted by molar-refractivity contribution is 5.87. The van der Waals surface area contributed by atoms with E-state index in [0.29, 0.717) is 92.3 Å². The lowest BCUT2D eigenvalue weighted by Crippen LogP contribution is -2.40. The highest BCUT2D eigenvalue weighted by atomic mass is 16.6. The van der Waals surface area contributed by atoms with Crippen molar-refractivity contribution in [2.24, 2.45) is 5.18 Å². The molecule has 1 heterocycles. The minimum atomic E-state index is -0.899. The molecule has 0 unspecified atom stereocenters. The van der Waals surface area contributed by atoms with Crippen LogP contribution in [0.4, 0.5) is 0 Å². The second-order valence-electron chi connectivity index (χ2n) is 11.8. The second-order valence-corrected chi connectivity index (χ2v) is 11.8. The molecular formula is C35H57N7O11. The first kappa shape index (κ1) is 45.3. The molecule has 1 aromatic carbocycles. The first-order valence-corrected chi connectivity index (χ1v) is 17.8. The molecule has 18 nitrogen and oxygen atoms in total. The van der Waals surface area contributed by atoms with E-state index in [9.17, 15) is 24.1 Å². The lowest BCUT2D eigenvalue weighted by atomic mass is 10.2. The maximum Gasteiger partial charge on any atom is 0.308 e.